The van der Waals surface area contributed by atoms with Crippen molar-refractivity contribution in [2.45, 2.75) is 31.6 Å². The first-order valence-corrected chi connectivity index (χ1v) is 12.0. The van der Waals surface area contributed by atoms with E-state index in [1.165, 1.54) is 16.4 Å². The van der Waals surface area contributed by atoms with Crippen molar-refractivity contribution in [1.82, 2.24) is 4.31 Å². The average molecular weight is 476 g/mol. The maximum absolute atomic E-state index is 13.7. The number of sulfonamides is 1. The lowest BCUT2D eigenvalue weighted by atomic mass is 10.1. The monoisotopic (exact) mass is 475 g/mol. The van der Waals surface area contributed by atoms with Gasteiger partial charge in [-0.3, -0.25) is 0 Å². The van der Waals surface area contributed by atoms with Gasteiger partial charge in [0, 0.05) is 23.7 Å². The maximum atomic E-state index is 13.7. The van der Waals surface area contributed by atoms with E-state index in [0.717, 1.165) is 22.8 Å². The Balaban J connectivity index is 1.50. The Kier molecular flexibility index (Phi) is 6.81. The van der Waals surface area contributed by atoms with Gasteiger partial charge in [0.05, 0.1) is 18.1 Å². The Morgan fingerprint density at radius 2 is 1.75 bits per heavy atom. The van der Waals surface area contributed by atoms with Gasteiger partial charge < -0.3 is 9.47 Å². The second-order valence-corrected chi connectivity index (χ2v) is 10.0. The van der Waals surface area contributed by atoms with Crippen LogP contribution in [0.4, 0.5) is 4.39 Å². The molecule has 168 valence electrons. The molecule has 1 aliphatic heterocycles. The highest BCUT2D eigenvalue weighted by atomic mass is 35.5. The van der Waals surface area contributed by atoms with Crippen molar-refractivity contribution in [2.24, 2.45) is 0 Å². The first-order chi connectivity index (χ1) is 15.3. The van der Waals surface area contributed by atoms with Crippen LogP contribution in [0.15, 0.2) is 65.6 Å². The Hall–Kier alpha value is -2.45. The average Bonchev–Trinajstić information content (AvgIpc) is 2.99. The molecular weight excluding hydrogens is 453 g/mol. The number of benzene rings is 3. The first-order valence-electron chi connectivity index (χ1n) is 10.2. The fraction of sp³-hybridized carbons (Fsp3) is 0.250. The number of fused-ring (bicyclic) bond motifs is 1. The van der Waals surface area contributed by atoms with Crippen molar-refractivity contribution in [3.8, 4) is 5.75 Å². The van der Waals surface area contributed by atoms with Gasteiger partial charge in [-0.2, -0.15) is 4.31 Å². The summed E-state index contributed by atoms with van der Waals surface area (Å²) in [4.78, 5) is -0.0246. The quantitative estimate of drug-likeness (QED) is 0.498. The van der Waals surface area contributed by atoms with Gasteiger partial charge in [0.25, 0.3) is 0 Å². The minimum atomic E-state index is -3.88. The van der Waals surface area contributed by atoms with Crippen molar-refractivity contribution >= 4 is 21.6 Å². The van der Waals surface area contributed by atoms with Gasteiger partial charge in [-0.05, 0) is 60.0 Å². The number of hydrogen-bond donors (Lipinski definition) is 0. The highest BCUT2D eigenvalue weighted by Gasteiger charge is 2.29. The van der Waals surface area contributed by atoms with Crippen LogP contribution >= 0.6 is 11.6 Å². The van der Waals surface area contributed by atoms with E-state index in [9.17, 15) is 12.8 Å². The van der Waals surface area contributed by atoms with Gasteiger partial charge in [0.15, 0.2) is 0 Å². The first kappa shape index (κ1) is 22.7. The fourth-order valence-corrected chi connectivity index (χ4v) is 5.34. The number of aryl methyl sites for hydroxylation is 1. The molecule has 8 heteroatoms. The van der Waals surface area contributed by atoms with E-state index >= 15 is 0 Å². The molecule has 0 spiro atoms. The summed E-state index contributed by atoms with van der Waals surface area (Å²) < 4.78 is 53.1. The summed E-state index contributed by atoms with van der Waals surface area (Å²) in [5, 5.41) is 0.674. The van der Waals surface area contributed by atoms with Crippen LogP contribution in [0, 0.1) is 12.7 Å². The molecule has 1 heterocycles. The minimum absolute atomic E-state index is 0.0246. The van der Waals surface area contributed by atoms with Crippen molar-refractivity contribution in [2.75, 3.05) is 13.2 Å². The van der Waals surface area contributed by atoms with Gasteiger partial charge in [-0.15, -0.1) is 0 Å². The van der Waals surface area contributed by atoms with Crippen LogP contribution in [0.2, 0.25) is 5.02 Å². The van der Waals surface area contributed by atoms with E-state index in [2.05, 4.69) is 0 Å². The lowest BCUT2D eigenvalue weighted by molar-refractivity contribution is 0.107. The zero-order valence-corrected chi connectivity index (χ0v) is 19.1. The van der Waals surface area contributed by atoms with Gasteiger partial charge in [-0.1, -0.05) is 35.9 Å². The lowest BCUT2D eigenvalue weighted by Crippen LogP contribution is -2.33. The summed E-state index contributed by atoms with van der Waals surface area (Å²) in [6.45, 7) is 2.99. The molecule has 0 aliphatic carbocycles. The van der Waals surface area contributed by atoms with E-state index in [1.54, 1.807) is 6.92 Å². The molecule has 0 bridgehead atoms. The summed E-state index contributed by atoms with van der Waals surface area (Å²) in [5.74, 6) is 0.0564. The third kappa shape index (κ3) is 5.13. The summed E-state index contributed by atoms with van der Waals surface area (Å²) in [7, 11) is -3.88. The van der Waals surface area contributed by atoms with E-state index in [0.29, 0.717) is 29.5 Å². The molecule has 0 radical (unpaired) electrons. The molecule has 0 saturated carbocycles. The Morgan fingerprint density at radius 1 is 1.03 bits per heavy atom. The largest absolute Gasteiger partial charge is 0.492 e. The van der Waals surface area contributed by atoms with Crippen LogP contribution in [0.25, 0.3) is 0 Å². The van der Waals surface area contributed by atoms with Crippen molar-refractivity contribution in [3.63, 3.8) is 0 Å². The smallest absolute Gasteiger partial charge is 0.243 e. The zero-order valence-electron chi connectivity index (χ0n) is 17.6. The molecule has 0 atom stereocenters. The fourth-order valence-electron chi connectivity index (χ4n) is 3.58. The van der Waals surface area contributed by atoms with E-state index in [1.807, 2.05) is 42.5 Å². The molecule has 0 aromatic heterocycles. The van der Waals surface area contributed by atoms with Gasteiger partial charge in [0.2, 0.25) is 10.0 Å². The number of rotatable bonds is 6. The number of hydrogen-bond acceptors (Lipinski definition) is 4. The molecule has 5 nitrogen and oxygen atoms in total. The molecule has 32 heavy (non-hydrogen) atoms. The van der Waals surface area contributed by atoms with Crippen LogP contribution in [0.1, 0.15) is 22.3 Å². The molecule has 0 amide bonds. The maximum Gasteiger partial charge on any atom is 0.243 e. The second-order valence-electron chi connectivity index (χ2n) is 7.66. The molecule has 3 aromatic rings. The molecule has 1 aliphatic rings. The SMILES string of the molecule is Cc1ccc(F)cc1S(=O)(=O)N1CCOc2ccc(COCc3ccc(Cl)cc3)cc2C1. The molecule has 3 aromatic carbocycles. The summed E-state index contributed by atoms with van der Waals surface area (Å²) in [6.07, 6.45) is 0. The van der Waals surface area contributed by atoms with Gasteiger partial charge >= 0.3 is 0 Å². The normalized spacial score (nSPS) is 14.5. The summed E-state index contributed by atoms with van der Waals surface area (Å²) in [6, 6.07) is 16.9. The Morgan fingerprint density at radius 3 is 2.53 bits per heavy atom. The summed E-state index contributed by atoms with van der Waals surface area (Å²) in [5.41, 5.74) is 3.16. The van der Waals surface area contributed by atoms with Crippen molar-refractivity contribution in [3.05, 3.63) is 93.8 Å². The number of nitrogens with zero attached hydrogens (tertiary/aromatic N) is 1. The highest BCUT2D eigenvalue weighted by molar-refractivity contribution is 7.89. The number of halogens is 2. The van der Waals surface area contributed by atoms with Crippen molar-refractivity contribution < 1.29 is 22.3 Å². The van der Waals surface area contributed by atoms with Crippen LogP contribution in [-0.2, 0) is 34.5 Å². The summed E-state index contributed by atoms with van der Waals surface area (Å²) >= 11 is 5.90. The van der Waals surface area contributed by atoms with Crippen LogP contribution in [0.3, 0.4) is 0 Å². The third-order valence-corrected chi connectivity index (χ3v) is 7.53. The van der Waals surface area contributed by atoms with Crippen LogP contribution < -0.4 is 4.74 Å². The number of ether oxygens (including phenoxy) is 2. The molecule has 4 rings (SSSR count). The highest BCUT2D eigenvalue weighted by Crippen LogP contribution is 2.29. The predicted molar refractivity (Wildman–Crippen MR) is 121 cm³/mol. The molecule has 0 unspecified atom stereocenters. The van der Waals surface area contributed by atoms with Crippen molar-refractivity contribution in [1.29, 1.82) is 0 Å². The molecule has 0 fully saturated rings. The van der Waals surface area contributed by atoms with Crippen LogP contribution in [0.5, 0.6) is 5.75 Å². The lowest BCUT2D eigenvalue weighted by Gasteiger charge is -2.21. The molecule has 0 N–H and O–H groups in total. The van der Waals surface area contributed by atoms with Gasteiger partial charge in [0.1, 0.15) is 18.2 Å². The van der Waals surface area contributed by atoms with E-state index in [4.69, 9.17) is 21.1 Å². The standard InChI is InChI=1S/C24H23ClFNO4S/c1-17-2-8-22(26)13-24(17)32(28,29)27-10-11-31-23-9-5-19(12-20(23)14-27)16-30-15-18-3-6-21(25)7-4-18/h2-9,12-13H,10-11,14-16H2,1H3. The van der Waals surface area contributed by atoms with E-state index < -0.39 is 15.8 Å². The molecular formula is C24H23ClFNO4S. The van der Waals surface area contributed by atoms with Crippen LogP contribution in [-0.4, -0.2) is 25.9 Å². The predicted octanol–water partition coefficient (Wildman–Crippen LogP) is 5.09. The molecule has 0 saturated heterocycles. The minimum Gasteiger partial charge on any atom is -0.492 e. The van der Waals surface area contributed by atoms with Gasteiger partial charge in [-0.25, -0.2) is 12.8 Å². The topological polar surface area (TPSA) is 55.8 Å². The van der Waals surface area contributed by atoms with E-state index in [-0.39, 0.29) is 24.6 Å². The Bertz CT molecular complexity index is 1220. The second kappa shape index (κ2) is 9.58. The Labute approximate surface area is 192 Å². The zero-order chi connectivity index (χ0) is 22.7. The third-order valence-electron chi connectivity index (χ3n) is 5.29.